The molecule has 2 fully saturated rings. The fourth-order valence-corrected chi connectivity index (χ4v) is 3.17. The van der Waals surface area contributed by atoms with Crippen molar-refractivity contribution in [2.24, 2.45) is 22.9 Å². The maximum Gasteiger partial charge on any atom is 0.344 e. The number of rotatable bonds is 7. The molecule has 21 heavy (non-hydrogen) atoms. The molecule has 3 unspecified atom stereocenters. The van der Waals surface area contributed by atoms with E-state index in [1.54, 1.807) is 6.08 Å². The molecule has 0 aromatic carbocycles. The van der Waals surface area contributed by atoms with Gasteiger partial charge in [0.2, 0.25) is 6.61 Å². The molecule has 0 spiro atoms. The van der Waals surface area contributed by atoms with E-state index < -0.39 is 24.8 Å². The van der Waals surface area contributed by atoms with Crippen molar-refractivity contribution < 1.29 is 25.0 Å². The van der Waals surface area contributed by atoms with Crippen molar-refractivity contribution in [3.05, 3.63) is 12.2 Å². The number of oxime groups is 1. The fourth-order valence-electron chi connectivity index (χ4n) is 3.17. The first-order chi connectivity index (χ1) is 10.0. The van der Waals surface area contributed by atoms with E-state index in [0.29, 0.717) is 6.42 Å². The fraction of sp³-hybridized carbons (Fsp3) is 0.733. The molecule has 0 saturated heterocycles. The van der Waals surface area contributed by atoms with Gasteiger partial charge < -0.3 is 20.2 Å². The summed E-state index contributed by atoms with van der Waals surface area (Å²) in [5.41, 5.74) is 0.838. The van der Waals surface area contributed by atoms with Crippen molar-refractivity contribution in [1.29, 1.82) is 0 Å². The maximum atomic E-state index is 10.4. The molecule has 0 aromatic heterocycles. The van der Waals surface area contributed by atoms with Crippen molar-refractivity contribution in [3.63, 3.8) is 0 Å². The van der Waals surface area contributed by atoms with Crippen LogP contribution in [0, 0.1) is 17.8 Å². The third-order valence-electron chi connectivity index (χ3n) is 4.33. The van der Waals surface area contributed by atoms with Crippen LogP contribution in [0.25, 0.3) is 0 Å². The number of fused-ring (bicyclic) bond motifs is 1. The van der Waals surface area contributed by atoms with Gasteiger partial charge in [0, 0.05) is 11.8 Å². The SMILES string of the molecule is CCCC(O)C=CC1C[C@@H]2C(=NOCC(=O)O)C[C@H]2C1O. The van der Waals surface area contributed by atoms with E-state index in [1.165, 1.54) is 0 Å². The van der Waals surface area contributed by atoms with Gasteiger partial charge in [-0.1, -0.05) is 30.7 Å². The number of hydrogen-bond acceptors (Lipinski definition) is 5. The van der Waals surface area contributed by atoms with Crippen molar-refractivity contribution in [1.82, 2.24) is 0 Å². The summed E-state index contributed by atoms with van der Waals surface area (Å²) in [7, 11) is 0. The van der Waals surface area contributed by atoms with Gasteiger partial charge in [0.25, 0.3) is 0 Å². The Bertz CT molecular complexity index is 434. The summed E-state index contributed by atoms with van der Waals surface area (Å²) < 4.78 is 0. The van der Waals surface area contributed by atoms with Crippen molar-refractivity contribution >= 4 is 11.7 Å². The number of nitrogens with zero attached hydrogens (tertiary/aromatic N) is 1. The Morgan fingerprint density at radius 3 is 3.00 bits per heavy atom. The highest BCUT2D eigenvalue weighted by molar-refractivity contribution is 5.93. The van der Waals surface area contributed by atoms with E-state index in [1.807, 2.05) is 13.0 Å². The third kappa shape index (κ3) is 3.83. The summed E-state index contributed by atoms with van der Waals surface area (Å²) >= 11 is 0. The monoisotopic (exact) mass is 297 g/mol. The Balaban J connectivity index is 1.86. The van der Waals surface area contributed by atoms with Gasteiger partial charge in [-0.25, -0.2) is 4.79 Å². The molecule has 3 N–H and O–H groups in total. The average molecular weight is 297 g/mol. The van der Waals surface area contributed by atoms with Crippen molar-refractivity contribution in [3.8, 4) is 0 Å². The first-order valence-corrected chi connectivity index (χ1v) is 7.47. The van der Waals surface area contributed by atoms with Gasteiger partial charge in [-0.15, -0.1) is 0 Å². The Hall–Kier alpha value is -1.40. The molecule has 0 heterocycles. The lowest BCUT2D eigenvalue weighted by Gasteiger charge is -2.33. The second-order valence-corrected chi connectivity index (χ2v) is 5.86. The molecule has 6 heteroatoms. The number of aliphatic hydroxyl groups is 2. The molecular formula is C15H23NO5. The molecule has 2 aliphatic rings. The zero-order chi connectivity index (χ0) is 15.4. The zero-order valence-electron chi connectivity index (χ0n) is 12.2. The molecule has 0 aliphatic heterocycles. The topological polar surface area (TPSA) is 99.4 Å². The molecule has 2 aliphatic carbocycles. The van der Waals surface area contributed by atoms with Gasteiger partial charge in [0.1, 0.15) is 0 Å². The largest absolute Gasteiger partial charge is 0.479 e. The molecule has 2 saturated carbocycles. The van der Waals surface area contributed by atoms with Crippen LogP contribution in [0.3, 0.4) is 0 Å². The Morgan fingerprint density at radius 1 is 1.57 bits per heavy atom. The summed E-state index contributed by atoms with van der Waals surface area (Å²) in [6, 6.07) is 0. The molecule has 6 nitrogen and oxygen atoms in total. The van der Waals surface area contributed by atoms with Gasteiger partial charge in [-0.3, -0.25) is 0 Å². The van der Waals surface area contributed by atoms with Crippen LogP contribution < -0.4 is 0 Å². The van der Waals surface area contributed by atoms with Crippen molar-refractivity contribution in [2.75, 3.05) is 6.61 Å². The third-order valence-corrected chi connectivity index (χ3v) is 4.33. The van der Waals surface area contributed by atoms with Gasteiger partial charge in [0.05, 0.1) is 17.9 Å². The van der Waals surface area contributed by atoms with Crippen LogP contribution in [0.15, 0.2) is 17.3 Å². The zero-order valence-corrected chi connectivity index (χ0v) is 12.2. The van der Waals surface area contributed by atoms with Crippen LogP contribution in [0.4, 0.5) is 0 Å². The maximum absolute atomic E-state index is 10.4. The lowest BCUT2D eigenvalue weighted by molar-refractivity contribution is -0.142. The van der Waals surface area contributed by atoms with Crippen LogP contribution in [-0.2, 0) is 9.63 Å². The average Bonchev–Trinajstić information content (AvgIpc) is 2.64. The number of aliphatic carboxylic acids is 1. The second-order valence-electron chi connectivity index (χ2n) is 5.86. The predicted molar refractivity (Wildman–Crippen MR) is 76.8 cm³/mol. The van der Waals surface area contributed by atoms with Gasteiger partial charge in [-0.05, 0) is 25.2 Å². The highest BCUT2D eigenvalue weighted by Crippen LogP contribution is 2.48. The summed E-state index contributed by atoms with van der Waals surface area (Å²) in [4.78, 5) is 15.1. The minimum atomic E-state index is -1.05. The first kappa shape index (κ1) is 16.0. The number of hydrogen-bond donors (Lipinski definition) is 3. The van der Waals surface area contributed by atoms with Crippen LogP contribution in [0.5, 0.6) is 0 Å². The molecule has 2 rings (SSSR count). The predicted octanol–water partition coefficient (Wildman–Crippen LogP) is 1.18. The van der Waals surface area contributed by atoms with Gasteiger partial charge in [0.15, 0.2) is 0 Å². The molecule has 0 bridgehead atoms. The van der Waals surface area contributed by atoms with Crippen LogP contribution in [-0.4, -0.2) is 45.8 Å². The summed E-state index contributed by atoms with van der Waals surface area (Å²) in [5, 5.41) is 32.3. The van der Waals surface area contributed by atoms with E-state index in [9.17, 15) is 15.0 Å². The highest BCUT2D eigenvalue weighted by atomic mass is 16.6. The smallest absolute Gasteiger partial charge is 0.344 e. The first-order valence-electron chi connectivity index (χ1n) is 7.47. The van der Waals surface area contributed by atoms with E-state index in [-0.39, 0.29) is 17.8 Å². The summed E-state index contributed by atoms with van der Waals surface area (Å²) in [5.74, 6) is -0.673. The Morgan fingerprint density at radius 2 is 2.33 bits per heavy atom. The molecular weight excluding hydrogens is 274 g/mol. The Kier molecular flexibility index (Phi) is 5.36. The minimum Gasteiger partial charge on any atom is -0.479 e. The quantitative estimate of drug-likeness (QED) is 0.484. The molecule has 0 aromatic rings. The molecule has 0 radical (unpaired) electrons. The van der Waals surface area contributed by atoms with E-state index in [0.717, 1.165) is 25.0 Å². The second kappa shape index (κ2) is 7.04. The lowest BCUT2D eigenvalue weighted by Crippen LogP contribution is -2.38. The van der Waals surface area contributed by atoms with Crippen LogP contribution in [0.1, 0.15) is 32.6 Å². The van der Waals surface area contributed by atoms with Gasteiger partial charge in [-0.2, -0.15) is 0 Å². The highest BCUT2D eigenvalue weighted by Gasteiger charge is 2.51. The number of aliphatic hydroxyl groups excluding tert-OH is 2. The molecule has 0 amide bonds. The summed E-state index contributed by atoms with van der Waals surface area (Å²) in [6.07, 6.45) is 5.87. The normalized spacial score (nSPS) is 34.7. The van der Waals surface area contributed by atoms with E-state index in [4.69, 9.17) is 9.94 Å². The molecule has 118 valence electrons. The Labute approximate surface area is 124 Å². The van der Waals surface area contributed by atoms with Crippen molar-refractivity contribution in [2.45, 2.75) is 44.8 Å². The standard InChI is InChI=1S/C15H23NO5/c1-2-3-10(17)5-4-9-6-11-12(15(9)20)7-13(11)16-21-8-14(18)19/h4-5,9-12,15,17,20H,2-3,6-8H2,1H3,(H,18,19)/t9?,10?,11-,12+,15?/m0/s1. The van der Waals surface area contributed by atoms with Crippen LogP contribution in [0.2, 0.25) is 0 Å². The molecule has 5 atom stereocenters. The van der Waals surface area contributed by atoms with Gasteiger partial charge >= 0.3 is 5.97 Å². The number of carboxylic acids is 1. The van der Waals surface area contributed by atoms with E-state index >= 15 is 0 Å². The van der Waals surface area contributed by atoms with Crippen LogP contribution >= 0.6 is 0 Å². The minimum absolute atomic E-state index is 0.0266. The number of carboxylic acid groups (broad SMARTS) is 1. The lowest BCUT2D eigenvalue weighted by atomic mass is 9.73. The van der Waals surface area contributed by atoms with E-state index in [2.05, 4.69) is 5.16 Å². The number of carbonyl (C=O) groups is 1. The summed E-state index contributed by atoms with van der Waals surface area (Å²) in [6.45, 7) is 1.58.